The summed E-state index contributed by atoms with van der Waals surface area (Å²) in [5.41, 5.74) is 12.1. The Balaban J connectivity index is 0.000000198. The number of aromatic nitrogens is 1. The predicted octanol–water partition coefficient (Wildman–Crippen LogP) is 3.92. The Kier molecular flexibility index (Phi) is 6.89. The van der Waals surface area contributed by atoms with Crippen molar-refractivity contribution in [2.45, 2.75) is 64.1 Å². The molecule has 27 heavy (non-hydrogen) atoms. The summed E-state index contributed by atoms with van der Waals surface area (Å²) in [6.07, 6.45) is 3.17. The van der Waals surface area contributed by atoms with E-state index in [9.17, 15) is 9.90 Å². The van der Waals surface area contributed by atoms with Crippen molar-refractivity contribution in [3.05, 3.63) is 18.2 Å². The molecule has 1 aliphatic carbocycles. The van der Waals surface area contributed by atoms with Crippen molar-refractivity contribution < 1.29 is 14.6 Å². The van der Waals surface area contributed by atoms with Crippen LogP contribution in [0.2, 0.25) is 0 Å². The van der Waals surface area contributed by atoms with Gasteiger partial charge in [0.15, 0.2) is 5.13 Å². The minimum atomic E-state index is -0.857. The second-order valence-electron chi connectivity index (χ2n) is 7.72. The van der Waals surface area contributed by atoms with Gasteiger partial charge >= 0.3 is 6.09 Å². The minimum Gasteiger partial charge on any atom is -0.497 e. The summed E-state index contributed by atoms with van der Waals surface area (Å²) in [6, 6.07) is 5.72. The van der Waals surface area contributed by atoms with E-state index in [0.29, 0.717) is 5.13 Å². The number of ether oxygens (including phenoxy) is 1. The number of fused-ring (bicyclic) bond motifs is 1. The molecule has 7 nitrogen and oxygen atoms in total. The van der Waals surface area contributed by atoms with Crippen molar-refractivity contribution in [3.63, 3.8) is 0 Å². The molecular formula is C19H30N4O3S. The SMILES string of the molecule is CC(C)(C)N(C(=O)O)[C@H]1CCCC[C@H]1N.COc1ccc2sc(N)nc2c1. The molecule has 5 N–H and O–H groups in total. The van der Waals surface area contributed by atoms with Crippen LogP contribution in [-0.2, 0) is 0 Å². The van der Waals surface area contributed by atoms with Crippen molar-refractivity contribution in [1.82, 2.24) is 9.88 Å². The molecule has 0 spiro atoms. The lowest BCUT2D eigenvalue weighted by atomic mass is 9.87. The molecule has 1 aromatic carbocycles. The number of carboxylic acid groups (broad SMARTS) is 1. The van der Waals surface area contributed by atoms with Crippen LogP contribution in [0.4, 0.5) is 9.93 Å². The second kappa shape index (κ2) is 8.75. The Morgan fingerprint density at radius 2 is 2.00 bits per heavy atom. The molecule has 0 unspecified atom stereocenters. The Bertz CT molecular complexity index is 772. The van der Waals surface area contributed by atoms with Crippen molar-refractivity contribution >= 4 is 32.8 Å². The predicted molar refractivity (Wildman–Crippen MR) is 110 cm³/mol. The molecule has 2 atom stereocenters. The number of nitrogen functional groups attached to an aromatic ring is 1. The number of nitrogens with zero attached hydrogens (tertiary/aromatic N) is 2. The fourth-order valence-electron chi connectivity index (χ4n) is 3.44. The summed E-state index contributed by atoms with van der Waals surface area (Å²) in [7, 11) is 1.64. The van der Waals surface area contributed by atoms with Crippen LogP contribution < -0.4 is 16.2 Å². The molecule has 1 heterocycles. The highest BCUT2D eigenvalue weighted by Gasteiger charge is 2.37. The van der Waals surface area contributed by atoms with E-state index in [4.69, 9.17) is 16.2 Å². The number of anilines is 1. The molecule has 0 saturated heterocycles. The number of thiazole rings is 1. The lowest BCUT2D eigenvalue weighted by molar-refractivity contribution is 0.0491. The normalized spacial score (nSPS) is 19.9. The van der Waals surface area contributed by atoms with Gasteiger partial charge in [0.05, 0.1) is 23.4 Å². The van der Waals surface area contributed by atoms with Gasteiger partial charge in [0, 0.05) is 17.6 Å². The molecule has 8 heteroatoms. The number of carbonyl (C=O) groups is 1. The second-order valence-corrected chi connectivity index (χ2v) is 8.79. The molecule has 1 aromatic heterocycles. The van der Waals surface area contributed by atoms with E-state index in [1.54, 1.807) is 7.11 Å². The molecule has 1 fully saturated rings. The maximum Gasteiger partial charge on any atom is 0.408 e. The number of nitrogens with two attached hydrogens (primary N) is 2. The molecule has 150 valence electrons. The smallest absolute Gasteiger partial charge is 0.408 e. The van der Waals surface area contributed by atoms with Crippen molar-refractivity contribution in [2.75, 3.05) is 12.8 Å². The van der Waals surface area contributed by atoms with Gasteiger partial charge in [-0.05, 0) is 45.7 Å². The highest BCUT2D eigenvalue weighted by Crippen LogP contribution is 2.28. The maximum absolute atomic E-state index is 11.3. The zero-order valence-electron chi connectivity index (χ0n) is 16.4. The van der Waals surface area contributed by atoms with Gasteiger partial charge in [0.25, 0.3) is 0 Å². The minimum absolute atomic E-state index is 0.00549. The van der Waals surface area contributed by atoms with Gasteiger partial charge in [-0.15, -0.1) is 0 Å². The van der Waals surface area contributed by atoms with Crippen LogP contribution >= 0.6 is 11.3 Å². The average molecular weight is 395 g/mol. The van der Waals surface area contributed by atoms with E-state index in [1.807, 2.05) is 39.0 Å². The van der Waals surface area contributed by atoms with Gasteiger partial charge in [0.1, 0.15) is 5.75 Å². The summed E-state index contributed by atoms with van der Waals surface area (Å²) >= 11 is 1.48. The van der Waals surface area contributed by atoms with Gasteiger partial charge in [-0.1, -0.05) is 24.2 Å². The van der Waals surface area contributed by atoms with Crippen molar-refractivity contribution in [1.29, 1.82) is 0 Å². The zero-order chi connectivity index (χ0) is 20.2. The van der Waals surface area contributed by atoms with Gasteiger partial charge in [-0.25, -0.2) is 9.78 Å². The van der Waals surface area contributed by atoms with E-state index in [-0.39, 0.29) is 17.6 Å². The third kappa shape index (κ3) is 5.46. The fourth-order valence-corrected chi connectivity index (χ4v) is 4.15. The first-order chi connectivity index (χ1) is 12.6. The Morgan fingerprint density at radius 1 is 1.33 bits per heavy atom. The molecule has 0 aliphatic heterocycles. The fraction of sp³-hybridized carbons (Fsp3) is 0.579. The number of benzene rings is 1. The van der Waals surface area contributed by atoms with E-state index in [2.05, 4.69) is 4.98 Å². The van der Waals surface area contributed by atoms with E-state index in [1.165, 1.54) is 16.2 Å². The van der Waals surface area contributed by atoms with Crippen LogP contribution in [0.15, 0.2) is 18.2 Å². The molecule has 1 amide bonds. The molecule has 1 aliphatic rings. The van der Waals surface area contributed by atoms with Crippen molar-refractivity contribution in [2.24, 2.45) is 5.73 Å². The number of hydrogen-bond acceptors (Lipinski definition) is 6. The van der Waals surface area contributed by atoms with Gasteiger partial charge in [0.2, 0.25) is 0 Å². The third-order valence-corrected chi connectivity index (χ3v) is 5.52. The maximum atomic E-state index is 11.3. The highest BCUT2D eigenvalue weighted by molar-refractivity contribution is 7.22. The van der Waals surface area contributed by atoms with Crippen LogP contribution in [-0.4, -0.2) is 45.8 Å². The Morgan fingerprint density at radius 3 is 2.56 bits per heavy atom. The van der Waals surface area contributed by atoms with Crippen LogP contribution in [0.25, 0.3) is 10.2 Å². The lowest BCUT2D eigenvalue weighted by Crippen LogP contribution is -2.58. The number of amides is 1. The molecular weight excluding hydrogens is 364 g/mol. The van der Waals surface area contributed by atoms with Crippen LogP contribution in [0.1, 0.15) is 46.5 Å². The van der Waals surface area contributed by atoms with E-state index in [0.717, 1.165) is 41.6 Å². The van der Waals surface area contributed by atoms with Gasteiger partial charge < -0.3 is 21.3 Å². The summed E-state index contributed by atoms with van der Waals surface area (Å²) < 4.78 is 6.15. The summed E-state index contributed by atoms with van der Waals surface area (Å²) in [5, 5.41) is 9.84. The zero-order valence-corrected chi connectivity index (χ0v) is 17.3. The van der Waals surface area contributed by atoms with Crippen LogP contribution in [0, 0.1) is 0 Å². The number of rotatable bonds is 2. The Hall–Kier alpha value is -2.06. The molecule has 2 aromatic rings. The first-order valence-electron chi connectivity index (χ1n) is 9.11. The summed E-state index contributed by atoms with van der Waals surface area (Å²) in [4.78, 5) is 16.9. The molecule has 3 rings (SSSR count). The monoisotopic (exact) mass is 394 g/mol. The molecule has 0 bridgehead atoms. The summed E-state index contributed by atoms with van der Waals surface area (Å²) in [5.74, 6) is 0.813. The topological polar surface area (TPSA) is 115 Å². The summed E-state index contributed by atoms with van der Waals surface area (Å²) in [6.45, 7) is 5.76. The van der Waals surface area contributed by atoms with Crippen LogP contribution in [0.5, 0.6) is 5.75 Å². The van der Waals surface area contributed by atoms with E-state index >= 15 is 0 Å². The molecule has 1 saturated carbocycles. The quantitative estimate of drug-likeness (QED) is 0.711. The third-order valence-electron chi connectivity index (χ3n) is 4.65. The largest absolute Gasteiger partial charge is 0.497 e. The highest BCUT2D eigenvalue weighted by atomic mass is 32.1. The standard InChI is InChI=1S/C11H22N2O2.C8H8N2OS/c1-11(2,3)13(10(14)15)9-7-5-4-6-8(9)12;1-11-5-2-3-7-6(4-5)10-8(9)12-7/h8-9H,4-7,12H2,1-3H3,(H,14,15);2-4H,1H3,(H2,9,10)/t8-,9+;/m1./s1. The van der Waals surface area contributed by atoms with Crippen molar-refractivity contribution in [3.8, 4) is 5.75 Å². The molecule has 0 radical (unpaired) electrons. The van der Waals surface area contributed by atoms with E-state index < -0.39 is 6.09 Å². The average Bonchev–Trinajstić information content (AvgIpc) is 2.95. The van der Waals surface area contributed by atoms with Gasteiger partial charge in [-0.3, -0.25) is 4.90 Å². The van der Waals surface area contributed by atoms with Crippen LogP contribution in [0.3, 0.4) is 0 Å². The number of hydrogen-bond donors (Lipinski definition) is 3. The first-order valence-corrected chi connectivity index (χ1v) is 9.93. The van der Waals surface area contributed by atoms with Gasteiger partial charge in [-0.2, -0.15) is 0 Å². The lowest BCUT2D eigenvalue weighted by Gasteiger charge is -2.44. The Labute approximate surface area is 164 Å². The first kappa shape index (κ1) is 21.2. The number of methoxy groups -OCH3 is 1.